The first-order chi connectivity index (χ1) is 25.2. The molecule has 2 aromatic rings. The summed E-state index contributed by atoms with van der Waals surface area (Å²) < 4.78 is 205. The van der Waals surface area contributed by atoms with Crippen molar-refractivity contribution in [1.82, 2.24) is 0 Å². The van der Waals surface area contributed by atoms with Gasteiger partial charge >= 0.3 is 24.7 Å². The highest BCUT2D eigenvalue weighted by Crippen LogP contribution is 2.45. The molecule has 0 radical (unpaired) electrons. The third-order valence-electron chi connectivity index (χ3n) is 10.3. The molecule has 5 nitrogen and oxygen atoms in total. The molecular weight excluding hydrogens is 759 g/mol. The summed E-state index contributed by atoms with van der Waals surface area (Å²) >= 11 is 0. The van der Waals surface area contributed by atoms with Crippen LogP contribution in [0.4, 0.5) is 57.1 Å². The first kappa shape index (κ1) is 41.9. The molecule has 2 aromatic carbocycles. The van der Waals surface area contributed by atoms with E-state index in [4.69, 9.17) is 9.47 Å². The highest BCUT2D eigenvalue weighted by molar-refractivity contribution is 5.36. The van der Waals surface area contributed by atoms with Crippen molar-refractivity contribution in [2.45, 2.75) is 95.2 Å². The lowest BCUT2D eigenvalue weighted by molar-refractivity contribution is -0.432. The van der Waals surface area contributed by atoms with Crippen LogP contribution in [0.1, 0.15) is 75.3 Å². The van der Waals surface area contributed by atoms with Gasteiger partial charge in [-0.2, -0.15) is 26.3 Å². The first-order valence-corrected chi connectivity index (χ1v) is 17.3. The second kappa shape index (κ2) is 16.5. The van der Waals surface area contributed by atoms with Crippen LogP contribution >= 0.6 is 0 Å². The van der Waals surface area contributed by atoms with Crippen molar-refractivity contribution in [1.29, 1.82) is 0 Å². The van der Waals surface area contributed by atoms with E-state index in [-0.39, 0.29) is 49.7 Å². The predicted molar refractivity (Wildman–Crippen MR) is 163 cm³/mol. The second-order valence-corrected chi connectivity index (χ2v) is 13.9. The summed E-state index contributed by atoms with van der Waals surface area (Å²) in [6.45, 7) is 4.78. The summed E-state index contributed by atoms with van der Waals surface area (Å²) in [6, 6.07) is -0.848. The van der Waals surface area contributed by atoms with Gasteiger partial charge in [0.1, 0.15) is 45.9 Å². The lowest BCUT2D eigenvalue weighted by atomic mass is 9.74. The van der Waals surface area contributed by atoms with E-state index >= 15 is 8.78 Å². The fraction of sp³-hybridized carbons (Fsp3) is 0.611. The molecule has 0 spiro atoms. The molecule has 18 heteroatoms. The molecule has 3 aliphatic rings. The van der Waals surface area contributed by atoms with Gasteiger partial charge in [-0.15, -0.1) is 19.8 Å². The Morgan fingerprint density at radius 2 is 1.07 bits per heavy atom. The summed E-state index contributed by atoms with van der Waals surface area (Å²) in [5, 5.41) is 0. The lowest BCUT2D eigenvalue weighted by Gasteiger charge is -2.41. The topological polar surface area (TPSA) is 46.2 Å². The van der Waals surface area contributed by atoms with Crippen LogP contribution < -0.4 is 9.47 Å². The molecule has 54 heavy (non-hydrogen) atoms. The summed E-state index contributed by atoms with van der Waals surface area (Å²) in [7, 11) is 0. The van der Waals surface area contributed by atoms with E-state index in [2.05, 4.69) is 20.8 Å². The molecular formula is C36H37F13O5. The van der Waals surface area contributed by atoms with E-state index in [0.29, 0.717) is 25.0 Å². The molecule has 0 atom stereocenters. The molecule has 0 amide bonds. The molecule has 3 fully saturated rings. The Bertz CT molecular complexity index is 1550. The minimum absolute atomic E-state index is 0.0115. The van der Waals surface area contributed by atoms with Gasteiger partial charge in [0, 0.05) is 36.1 Å². The Hall–Kier alpha value is -3.25. The maximum atomic E-state index is 15.2. The minimum atomic E-state index is -6.08. The molecule has 0 N–H and O–H groups in total. The summed E-state index contributed by atoms with van der Waals surface area (Å²) in [5.41, 5.74) is -4.88. The van der Waals surface area contributed by atoms with Crippen LogP contribution in [0.25, 0.3) is 0 Å². The molecule has 0 unspecified atom stereocenters. The van der Waals surface area contributed by atoms with Crippen molar-refractivity contribution < 1.29 is 80.8 Å². The monoisotopic (exact) mass is 796 g/mol. The molecule has 0 bridgehead atoms. The smallest absolute Gasteiger partial charge is 0.432 e. The quantitative estimate of drug-likeness (QED) is 0.149. The van der Waals surface area contributed by atoms with Crippen molar-refractivity contribution >= 4 is 0 Å². The zero-order valence-electron chi connectivity index (χ0n) is 28.5. The molecule has 302 valence electrons. The summed E-state index contributed by atoms with van der Waals surface area (Å²) in [5.74, 6) is -12.6. The zero-order valence-corrected chi connectivity index (χ0v) is 28.5. The molecule has 2 aliphatic carbocycles. The van der Waals surface area contributed by atoms with Gasteiger partial charge in [0.2, 0.25) is 0 Å². The Labute approximate surface area is 301 Å². The fourth-order valence-electron chi connectivity index (χ4n) is 7.52. The summed E-state index contributed by atoms with van der Waals surface area (Å²) in [4.78, 5) is 0. The van der Waals surface area contributed by atoms with Crippen LogP contribution in [0.5, 0.6) is 11.5 Å². The molecule has 2 saturated carbocycles. The Kier molecular flexibility index (Phi) is 12.8. The van der Waals surface area contributed by atoms with Gasteiger partial charge in [-0.05, 0) is 63.2 Å². The van der Waals surface area contributed by atoms with Crippen molar-refractivity contribution in [3.8, 4) is 11.5 Å². The van der Waals surface area contributed by atoms with E-state index in [9.17, 15) is 48.3 Å². The van der Waals surface area contributed by atoms with E-state index in [1.54, 1.807) is 0 Å². The predicted octanol–water partition coefficient (Wildman–Crippen LogP) is 11.5. The van der Waals surface area contributed by atoms with E-state index < -0.39 is 94.9 Å². The third kappa shape index (κ3) is 10.1. The molecule has 1 aliphatic heterocycles. The van der Waals surface area contributed by atoms with Gasteiger partial charge in [-0.1, -0.05) is 18.9 Å². The number of rotatable bonds is 13. The number of hydrogen-bond donors (Lipinski definition) is 0. The molecule has 1 heterocycles. The maximum Gasteiger partial charge on any atom is 0.527 e. The van der Waals surface area contributed by atoms with Gasteiger partial charge in [-0.3, -0.25) is 0 Å². The van der Waals surface area contributed by atoms with Crippen LogP contribution in [-0.2, 0) is 26.4 Å². The average Bonchev–Trinajstić information content (AvgIpc) is 3.05. The second-order valence-electron chi connectivity index (χ2n) is 13.9. The highest BCUT2D eigenvalue weighted by Gasteiger charge is 2.51. The number of ether oxygens (including phenoxy) is 5. The normalized spacial score (nSPS) is 26.0. The van der Waals surface area contributed by atoms with E-state index in [0.717, 1.165) is 38.5 Å². The average molecular weight is 797 g/mol. The van der Waals surface area contributed by atoms with Crippen molar-refractivity contribution in [3.05, 3.63) is 71.3 Å². The van der Waals surface area contributed by atoms with Gasteiger partial charge in [0.05, 0.1) is 19.1 Å². The zero-order chi connectivity index (χ0) is 39.6. The molecule has 5 rings (SSSR count). The number of halogens is 13. The van der Waals surface area contributed by atoms with Crippen LogP contribution in [0.15, 0.2) is 36.9 Å². The SMILES string of the molecule is C=CCCC1CCC(C2COC(C3CCC(C(F)(F)Oc4cc(F)c(C(F)(F)Oc5cc(F)c(C(F)(F)OC(F)(F)F)c(F)c5)c(F)c4)CC3)OC2)CC1. The van der Waals surface area contributed by atoms with E-state index in [1.807, 2.05) is 6.08 Å². The third-order valence-corrected chi connectivity index (χ3v) is 10.3. The van der Waals surface area contributed by atoms with Gasteiger partial charge in [0.15, 0.2) is 6.29 Å². The van der Waals surface area contributed by atoms with Gasteiger partial charge < -0.3 is 18.9 Å². The minimum Gasteiger partial charge on any atom is -0.432 e. The first-order valence-electron chi connectivity index (χ1n) is 17.3. The van der Waals surface area contributed by atoms with Crippen LogP contribution in [0.2, 0.25) is 0 Å². The van der Waals surface area contributed by atoms with Gasteiger partial charge in [0.25, 0.3) is 0 Å². The van der Waals surface area contributed by atoms with E-state index in [1.165, 1.54) is 0 Å². The standard InChI is InChI=1S/C36H37F13O5/c1-2-3-4-19-5-7-20(8-6-19)22-17-50-32(51-18-22)21-9-11-23(12-10-21)33(41,42)52-24-13-26(37)30(27(38)14-24)34(43,44)53-25-15-28(39)31(29(40)16-25)35(45,46)54-36(47,48)49/h2,13-16,19-23,32H,1,3-12,17-18H2. The lowest BCUT2D eigenvalue weighted by Crippen LogP contribution is -2.43. The van der Waals surface area contributed by atoms with Crippen LogP contribution in [0.3, 0.4) is 0 Å². The Morgan fingerprint density at radius 3 is 1.56 bits per heavy atom. The van der Waals surface area contributed by atoms with Crippen molar-refractivity contribution in [2.75, 3.05) is 13.2 Å². The van der Waals surface area contributed by atoms with Crippen LogP contribution in [0, 0.1) is 52.9 Å². The maximum absolute atomic E-state index is 15.2. The number of alkyl halides is 9. The Morgan fingerprint density at radius 1 is 0.611 bits per heavy atom. The Balaban J connectivity index is 1.15. The fourth-order valence-corrected chi connectivity index (χ4v) is 7.52. The number of benzene rings is 2. The largest absolute Gasteiger partial charge is 0.527 e. The molecule has 1 saturated heterocycles. The van der Waals surface area contributed by atoms with Crippen molar-refractivity contribution in [2.24, 2.45) is 29.6 Å². The van der Waals surface area contributed by atoms with Crippen molar-refractivity contribution in [3.63, 3.8) is 0 Å². The number of allylic oxidation sites excluding steroid dienone is 1. The molecule has 0 aromatic heterocycles. The summed E-state index contributed by atoms with van der Waals surface area (Å²) in [6.07, 6.45) is -12.6. The van der Waals surface area contributed by atoms with Crippen LogP contribution in [-0.4, -0.2) is 32.0 Å². The van der Waals surface area contributed by atoms with Gasteiger partial charge in [-0.25, -0.2) is 22.3 Å². The highest BCUT2D eigenvalue weighted by atomic mass is 19.4. The number of hydrogen-bond acceptors (Lipinski definition) is 5.